The van der Waals surface area contributed by atoms with Crippen molar-refractivity contribution in [3.05, 3.63) is 61.9 Å². The topological polar surface area (TPSA) is 98.3 Å². The molecule has 1 aromatic carbocycles. The molecule has 0 spiro atoms. The lowest BCUT2D eigenvalue weighted by Crippen LogP contribution is -2.11. The lowest BCUT2D eigenvalue weighted by Gasteiger charge is -2.01. The molecule has 0 aliphatic carbocycles. The summed E-state index contributed by atoms with van der Waals surface area (Å²) in [6.45, 7) is 0. The van der Waals surface area contributed by atoms with Gasteiger partial charge in [0.25, 0.3) is 5.91 Å². The van der Waals surface area contributed by atoms with Gasteiger partial charge in [0.2, 0.25) is 0 Å². The molecule has 0 radical (unpaired) electrons. The number of furan rings is 1. The Morgan fingerprint density at radius 1 is 1.35 bits per heavy atom. The third-order valence-corrected chi connectivity index (χ3v) is 4.09. The van der Waals surface area contributed by atoms with Crippen LogP contribution in [0.3, 0.4) is 0 Å². The first-order valence-electron chi connectivity index (χ1n) is 6.30. The van der Waals surface area contributed by atoms with Gasteiger partial charge >= 0.3 is 5.88 Å². The molecule has 0 atom stereocenters. The van der Waals surface area contributed by atoms with Crippen molar-refractivity contribution in [3.63, 3.8) is 0 Å². The van der Waals surface area contributed by atoms with E-state index in [9.17, 15) is 14.9 Å². The molecule has 0 unspecified atom stereocenters. The maximum absolute atomic E-state index is 12.1. The zero-order chi connectivity index (χ0) is 16.4. The molecule has 0 bridgehead atoms. The molecular formula is C14H8BrN3O4S. The minimum absolute atomic E-state index is 0.274. The Bertz CT molecular complexity index is 890. The minimum Gasteiger partial charge on any atom is -0.399 e. The zero-order valence-electron chi connectivity index (χ0n) is 11.4. The largest absolute Gasteiger partial charge is 0.433 e. The van der Waals surface area contributed by atoms with Crippen LogP contribution in [0.15, 0.2) is 50.7 Å². The van der Waals surface area contributed by atoms with E-state index in [0.29, 0.717) is 16.4 Å². The fourth-order valence-electron chi connectivity index (χ4n) is 1.81. The second-order valence-corrected chi connectivity index (χ2v) is 6.17. The van der Waals surface area contributed by atoms with Crippen LogP contribution < -0.4 is 5.32 Å². The summed E-state index contributed by atoms with van der Waals surface area (Å²) in [5.74, 6) is -0.374. The molecular weight excluding hydrogens is 386 g/mol. The summed E-state index contributed by atoms with van der Waals surface area (Å²) in [4.78, 5) is 26.3. The first-order valence-corrected chi connectivity index (χ1v) is 7.97. The number of carbonyl (C=O) groups is 1. The lowest BCUT2D eigenvalue weighted by atomic mass is 10.2. The van der Waals surface area contributed by atoms with E-state index in [-0.39, 0.29) is 17.6 Å². The molecule has 1 N–H and O–H groups in total. The van der Waals surface area contributed by atoms with E-state index in [4.69, 9.17) is 4.42 Å². The molecule has 9 heteroatoms. The third kappa shape index (κ3) is 3.46. The Kier molecular flexibility index (Phi) is 4.22. The number of nitro groups is 1. The number of halogens is 1. The minimum atomic E-state index is -0.619. The molecule has 2 aromatic heterocycles. The van der Waals surface area contributed by atoms with Gasteiger partial charge in [-0.15, -0.1) is 11.3 Å². The summed E-state index contributed by atoms with van der Waals surface area (Å²) in [6.07, 6.45) is 0. The number of hydrogen-bond donors (Lipinski definition) is 1. The highest BCUT2D eigenvalue weighted by Gasteiger charge is 2.16. The Morgan fingerprint density at radius 3 is 2.87 bits per heavy atom. The Balaban J connectivity index is 1.76. The molecule has 3 aromatic rings. The summed E-state index contributed by atoms with van der Waals surface area (Å²) in [5, 5.41) is 15.3. The maximum atomic E-state index is 12.1. The average molecular weight is 394 g/mol. The summed E-state index contributed by atoms with van der Waals surface area (Å²) in [5.41, 5.74) is 0.914. The quantitative estimate of drug-likeness (QED) is 0.525. The van der Waals surface area contributed by atoms with Crippen molar-refractivity contribution in [3.8, 4) is 11.5 Å². The van der Waals surface area contributed by atoms with Crippen LogP contribution in [0.2, 0.25) is 0 Å². The predicted octanol–water partition coefficient (Wildman–Crippen LogP) is 4.33. The Hall–Kier alpha value is -2.52. The van der Waals surface area contributed by atoms with Crippen molar-refractivity contribution in [2.45, 2.75) is 0 Å². The number of carbonyl (C=O) groups excluding carboxylic acids is 1. The summed E-state index contributed by atoms with van der Waals surface area (Å²) >= 11 is 4.51. The van der Waals surface area contributed by atoms with Crippen molar-refractivity contribution in [1.29, 1.82) is 0 Å². The van der Waals surface area contributed by atoms with Crippen molar-refractivity contribution in [2.24, 2.45) is 0 Å². The second kappa shape index (κ2) is 6.31. The normalized spacial score (nSPS) is 10.5. The monoisotopic (exact) mass is 393 g/mol. The fourth-order valence-corrected chi connectivity index (χ4v) is 2.90. The van der Waals surface area contributed by atoms with Crippen LogP contribution in [-0.4, -0.2) is 15.8 Å². The lowest BCUT2D eigenvalue weighted by molar-refractivity contribution is -0.401. The molecule has 116 valence electrons. The summed E-state index contributed by atoms with van der Waals surface area (Å²) in [6, 6.07) is 9.68. The van der Waals surface area contributed by atoms with Crippen LogP contribution in [0.25, 0.3) is 11.5 Å². The van der Waals surface area contributed by atoms with Crippen molar-refractivity contribution >= 4 is 44.2 Å². The number of benzene rings is 1. The van der Waals surface area contributed by atoms with Crippen LogP contribution in [0.5, 0.6) is 0 Å². The summed E-state index contributed by atoms with van der Waals surface area (Å²) in [7, 11) is 0. The fraction of sp³-hybridized carbons (Fsp3) is 0. The number of rotatable bonds is 4. The molecule has 1 amide bonds. The van der Waals surface area contributed by atoms with Gasteiger partial charge in [-0.1, -0.05) is 22.0 Å². The van der Waals surface area contributed by atoms with E-state index >= 15 is 0 Å². The van der Waals surface area contributed by atoms with Gasteiger partial charge in [0.05, 0.1) is 6.07 Å². The van der Waals surface area contributed by atoms with Gasteiger partial charge in [-0.3, -0.25) is 20.2 Å². The molecule has 2 heterocycles. The van der Waals surface area contributed by atoms with Gasteiger partial charge in [-0.05, 0) is 24.3 Å². The van der Waals surface area contributed by atoms with E-state index in [1.807, 2.05) is 6.07 Å². The van der Waals surface area contributed by atoms with Gasteiger partial charge in [0, 0.05) is 15.4 Å². The van der Waals surface area contributed by atoms with Crippen LogP contribution in [0, 0.1) is 10.1 Å². The maximum Gasteiger partial charge on any atom is 0.433 e. The van der Waals surface area contributed by atoms with Gasteiger partial charge in [0.1, 0.15) is 10.6 Å². The van der Waals surface area contributed by atoms with Crippen molar-refractivity contribution in [2.75, 3.05) is 5.32 Å². The molecule has 7 nitrogen and oxygen atoms in total. The summed E-state index contributed by atoms with van der Waals surface area (Å²) < 4.78 is 5.87. The number of hydrogen-bond acceptors (Lipinski definition) is 6. The number of thiazole rings is 1. The van der Waals surface area contributed by atoms with E-state index in [0.717, 1.165) is 4.47 Å². The predicted molar refractivity (Wildman–Crippen MR) is 88.6 cm³/mol. The first kappa shape index (κ1) is 15.4. The molecule has 0 aliphatic rings. The second-order valence-electron chi connectivity index (χ2n) is 4.40. The highest BCUT2D eigenvalue weighted by molar-refractivity contribution is 9.10. The smallest absolute Gasteiger partial charge is 0.399 e. The Morgan fingerprint density at radius 2 is 2.17 bits per heavy atom. The zero-order valence-corrected chi connectivity index (χ0v) is 13.8. The molecule has 0 fully saturated rings. The number of anilines is 1. The molecule has 0 saturated heterocycles. The Labute approximate surface area is 142 Å². The number of nitrogens with one attached hydrogen (secondary N) is 1. The third-order valence-electron chi connectivity index (χ3n) is 2.84. The van der Waals surface area contributed by atoms with E-state index in [1.54, 1.807) is 23.6 Å². The van der Waals surface area contributed by atoms with Gasteiger partial charge in [-0.25, -0.2) is 4.98 Å². The number of amides is 1. The highest BCUT2D eigenvalue weighted by atomic mass is 79.9. The first-order chi connectivity index (χ1) is 11.0. The van der Waals surface area contributed by atoms with Crippen LogP contribution in [0.4, 0.5) is 11.0 Å². The van der Waals surface area contributed by atoms with Gasteiger partial charge in [0.15, 0.2) is 10.9 Å². The number of nitrogens with zero attached hydrogens (tertiary/aromatic N) is 2. The van der Waals surface area contributed by atoms with Crippen LogP contribution >= 0.6 is 27.3 Å². The van der Waals surface area contributed by atoms with Crippen LogP contribution in [0.1, 0.15) is 10.4 Å². The van der Waals surface area contributed by atoms with E-state index in [2.05, 4.69) is 26.2 Å². The highest BCUT2D eigenvalue weighted by Crippen LogP contribution is 2.29. The van der Waals surface area contributed by atoms with Gasteiger partial charge in [-0.2, -0.15) is 0 Å². The average Bonchev–Trinajstić information content (AvgIpc) is 3.15. The van der Waals surface area contributed by atoms with E-state index < -0.39 is 4.92 Å². The SMILES string of the molecule is O=C(Nc1nc(-c2ccc([N+](=O)[O-])o2)cs1)c1cccc(Br)c1. The molecule has 0 saturated carbocycles. The molecule has 23 heavy (non-hydrogen) atoms. The van der Waals surface area contributed by atoms with Crippen molar-refractivity contribution < 1.29 is 14.1 Å². The van der Waals surface area contributed by atoms with Gasteiger partial charge < -0.3 is 4.42 Å². The molecule has 3 rings (SSSR count). The van der Waals surface area contributed by atoms with Crippen molar-refractivity contribution in [1.82, 2.24) is 4.98 Å². The van der Waals surface area contributed by atoms with E-state index in [1.165, 1.54) is 23.5 Å². The van der Waals surface area contributed by atoms with Crippen LogP contribution in [-0.2, 0) is 0 Å². The molecule has 0 aliphatic heterocycles. The standard InChI is InChI=1S/C14H8BrN3O4S/c15-9-3-1-2-8(6-9)13(19)17-14-16-10(7-23-14)11-4-5-12(22-11)18(20)21/h1-7H,(H,16,17,19). The number of aromatic nitrogens is 1.